The van der Waals surface area contributed by atoms with E-state index in [2.05, 4.69) is 0 Å². The van der Waals surface area contributed by atoms with E-state index in [0.717, 1.165) is 24.3 Å². The van der Waals surface area contributed by atoms with Crippen LogP contribution in [-0.4, -0.2) is 64.2 Å². The van der Waals surface area contributed by atoms with Crippen LogP contribution in [0.5, 0.6) is 0 Å². The zero-order valence-corrected chi connectivity index (χ0v) is 21.8. The fourth-order valence-electron chi connectivity index (χ4n) is 3.60. The molecule has 0 aliphatic heterocycles. The number of hydrogen-bond acceptors (Lipinski definition) is 8. The predicted molar refractivity (Wildman–Crippen MR) is 129 cm³/mol. The topological polar surface area (TPSA) is 217 Å². The van der Waals surface area contributed by atoms with Crippen molar-refractivity contribution >= 4 is 60.9 Å². The summed E-state index contributed by atoms with van der Waals surface area (Å²) in [5.41, 5.74) is -10.7. The van der Waals surface area contributed by atoms with Crippen LogP contribution in [0.15, 0.2) is 60.7 Å². The maximum absolute atomic E-state index is 12.3. The minimum atomic E-state index is -5.50. The standard InChI is InChI=1S/C15H22O12P2S4/c16-30(17,18)28(31(19,20)21,14-8-3-1-4-9-14)12-7-13-29(32(22,23)24,33(25,26)27)15-10-5-2-6-11-15/h1-6,8-11,28-29H,7,12-13H2,(H,16,17,18)(H,19,20,21)(H,22,23,24)(H,25,26,27). The van der Waals surface area contributed by atoms with Gasteiger partial charge < -0.3 is 0 Å². The molecule has 4 N–H and O–H groups in total. The molecule has 0 fully saturated rings. The van der Waals surface area contributed by atoms with Crippen LogP contribution in [0, 0.1) is 0 Å². The van der Waals surface area contributed by atoms with E-state index in [-0.39, 0.29) is 0 Å². The van der Waals surface area contributed by atoms with Crippen molar-refractivity contribution in [2.24, 2.45) is 0 Å². The van der Waals surface area contributed by atoms with Crippen molar-refractivity contribution in [3.05, 3.63) is 60.7 Å². The van der Waals surface area contributed by atoms with E-state index >= 15 is 0 Å². The molecule has 0 aliphatic rings. The zero-order chi connectivity index (χ0) is 25.3. The van der Waals surface area contributed by atoms with Gasteiger partial charge in [0, 0.05) is 0 Å². The van der Waals surface area contributed by atoms with Gasteiger partial charge in [-0.05, 0) is 0 Å². The molecule has 0 aliphatic carbocycles. The van der Waals surface area contributed by atoms with E-state index in [1.807, 2.05) is 0 Å². The van der Waals surface area contributed by atoms with E-state index in [1.165, 1.54) is 36.4 Å². The molecular weight excluding hydrogens is 562 g/mol. The molecule has 0 saturated heterocycles. The summed E-state index contributed by atoms with van der Waals surface area (Å²) in [6, 6.07) is 11.9. The third-order valence-corrected chi connectivity index (χ3v) is 35.7. The molecule has 0 heterocycles. The number of benzene rings is 2. The third kappa shape index (κ3) is 5.15. The molecule has 18 heteroatoms. The first-order valence-electron chi connectivity index (χ1n) is 8.91. The van der Waals surface area contributed by atoms with E-state index in [4.69, 9.17) is 0 Å². The Labute approximate surface area is 191 Å². The summed E-state index contributed by atoms with van der Waals surface area (Å²) < 4.78 is 138. The summed E-state index contributed by atoms with van der Waals surface area (Å²) in [6.07, 6.45) is -2.97. The van der Waals surface area contributed by atoms with Crippen LogP contribution in [0.1, 0.15) is 6.42 Å². The molecule has 2 aromatic carbocycles. The molecule has 0 radical (unpaired) electrons. The van der Waals surface area contributed by atoms with Crippen LogP contribution in [0.3, 0.4) is 0 Å². The van der Waals surface area contributed by atoms with Gasteiger partial charge in [0.15, 0.2) is 0 Å². The van der Waals surface area contributed by atoms with Crippen molar-refractivity contribution < 1.29 is 51.9 Å². The van der Waals surface area contributed by atoms with E-state index < -0.39 is 79.6 Å². The van der Waals surface area contributed by atoms with Gasteiger partial charge in [-0.25, -0.2) is 0 Å². The Morgan fingerprint density at radius 3 is 0.939 bits per heavy atom. The van der Waals surface area contributed by atoms with Crippen LogP contribution in [0.2, 0.25) is 0 Å². The average Bonchev–Trinajstić information content (AvgIpc) is 2.65. The minimum absolute atomic E-state index is 0.458. The number of rotatable bonds is 10. The van der Waals surface area contributed by atoms with Gasteiger partial charge in [0.05, 0.1) is 0 Å². The van der Waals surface area contributed by atoms with Crippen molar-refractivity contribution in [2.75, 3.05) is 12.3 Å². The van der Waals surface area contributed by atoms with Crippen LogP contribution in [0.4, 0.5) is 0 Å². The molecule has 0 saturated carbocycles. The molecule has 12 nitrogen and oxygen atoms in total. The zero-order valence-electron chi connectivity index (χ0n) is 16.6. The van der Waals surface area contributed by atoms with Gasteiger partial charge in [0.25, 0.3) is 0 Å². The second-order valence-electron chi connectivity index (χ2n) is 6.99. The Balaban J connectivity index is 2.71. The Morgan fingerprint density at radius 1 is 0.485 bits per heavy atom. The summed E-state index contributed by atoms with van der Waals surface area (Å²) in [7, 11) is -22.0. The molecule has 0 spiro atoms. The van der Waals surface area contributed by atoms with Gasteiger partial charge in [-0.15, -0.1) is 0 Å². The summed E-state index contributed by atoms with van der Waals surface area (Å²) in [4.78, 5) is 0. The molecule has 0 bridgehead atoms. The van der Waals surface area contributed by atoms with Crippen molar-refractivity contribution in [3.8, 4) is 0 Å². The van der Waals surface area contributed by atoms with Crippen LogP contribution >= 0.6 is 11.3 Å². The van der Waals surface area contributed by atoms with Gasteiger partial charge in [-0.2, -0.15) is 0 Å². The van der Waals surface area contributed by atoms with Gasteiger partial charge in [0.2, 0.25) is 0 Å². The van der Waals surface area contributed by atoms with Gasteiger partial charge in [-0.1, -0.05) is 0 Å². The first-order valence-corrected chi connectivity index (χ1v) is 22.0. The fourth-order valence-corrected chi connectivity index (χ4v) is 26.4. The first-order chi connectivity index (χ1) is 14.9. The molecule has 0 aromatic heterocycles. The molecule has 0 atom stereocenters. The van der Waals surface area contributed by atoms with Gasteiger partial charge in [-0.3, -0.25) is 0 Å². The average molecular weight is 585 g/mol. The molecule has 0 amide bonds. The fraction of sp³-hybridized carbons (Fsp3) is 0.200. The Kier molecular flexibility index (Phi) is 8.14. The molecule has 2 rings (SSSR count). The van der Waals surface area contributed by atoms with E-state index in [9.17, 15) is 51.9 Å². The summed E-state index contributed by atoms with van der Waals surface area (Å²) in [5.74, 6) is 0. The van der Waals surface area contributed by atoms with Crippen molar-refractivity contribution in [2.45, 2.75) is 6.42 Å². The van der Waals surface area contributed by atoms with Crippen LogP contribution < -0.4 is 10.6 Å². The Hall–Kier alpha value is -1.06. The second kappa shape index (κ2) is 9.53. The summed E-state index contributed by atoms with van der Waals surface area (Å²) in [6.45, 7) is 0. The number of hydrogen-bond donors (Lipinski definition) is 4. The second-order valence-corrected chi connectivity index (χ2v) is 32.1. The van der Waals surface area contributed by atoms with Crippen LogP contribution in [-0.2, 0) is 39.0 Å². The summed E-state index contributed by atoms with van der Waals surface area (Å²) >= 11 is 0. The maximum atomic E-state index is 12.3. The van der Waals surface area contributed by atoms with Crippen molar-refractivity contribution in [3.63, 3.8) is 0 Å². The van der Waals surface area contributed by atoms with Gasteiger partial charge in [0.1, 0.15) is 0 Å². The monoisotopic (exact) mass is 584 g/mol. The quantitative estimate of drug-likeness (QED) is 0.225. The van der Waals surface area contributed by atoms with Crippen molar-refractivity contribution in [1.82, 2.24) is 0 Å². The van der Waals surface area contributed by atoms with Crippen molar-refractivity contribution in [1.29, 1.82) is 0 Å². The molecule has 33 heavy (non-hydrogen) atoms. The van der Waals surface area contributed by atoms with E-state index in [0.29, 0.717) is 0 Å². The molecular formula is C15H22O12P2S4. The Morgan fingerprint density at radius 2 is 0.727 bits per heavy atom. The normalized spacial score (nSPS) is 15.2. The molecule has 188 valence electrons. The van der Waals surface area contributed by atoms with Gasteiger partial charge >= 0.3 is 192 Å². The first kappa shape index (κ1) is 28.2. The SMILES string of the molecule is O=S(=O)(O)[PH](CCC[PH](c1ccccc1)(S(=O)(=O)O)S(=O)(=O)O)(c1ccccc1)S(=O)(=O)O. The summed E-state index contributed by atoms with van der Waals surface area (Å²) in [5, 5.41) is -0.915. The Bertz CT molecular complexity index is 1250. The third-order valence-electron chi connectivity index (χ3n) is 5.11. The van der Waals surface area contributed by atoms with E-state index in [1.54, 1.807) is 0 Å². The molecule has 2 aromatic rings. The van der Waals surface area contributed by atoms with Crippen LogP contribution in [0.25, 0.3) is 0 Å². The predicted octanol–water partition coefficient (Wildman–Crippen LogP) is 0.738. The molecule has 0 unspecified atom stereocenters.